The lowest BCUT2D eigenvalue weighted by Gasteiger charge is -2.08. The molecule has 6 aliphatic heterocycles. The van der Waals surface area contributed by atoms with E-state index in [4.69, 9.17) is 0 Å². The predicted molar refractivity (Wildman–Crippen MR) is 172 cm³/mol. The normalized spacial score (nSPS) is 26.5. The molecule has 0 saturated carbocycles. The molecule has 0 aliphatic carbocycles. The molecule has 0 nitrogen and oxygen atoms in total. The highest BCUT2D eigenvalue weighted by Crippen LogP contribution is 2.72. The van der Waals surface area contributed by atoms with Gasteiger partial charge in [0.15, 0.2) is 0 Å². The molecule has 6 heterocycles. The predicted octanol–water partition coefficient (Wildman–Crippen LogP) is 11.5. The highest BCUT2D eigenvalue weighted by Gasteiger charge is 2.37. The summed E-state index contributed by atoms with van der Waals surface area (Å²) < 4.78 is 15.2. The summed E-state index contributed by atoms with van der Waals surface area (Å²) in [5.74, 6) is 2.54. The lowest BCUT2D eigenvalue weighted by molar-refractivity contribution is 1.05. The van der Waals surface area contributed by atoms with Crippen molar-refractivity contribution >= 4 is 153 Å². The summed E-state index contributed by atoms with van der Waals surface area (Å²) in [6.45, 7) is 0. The maximum absolute atomic E-state index is 2.19. The summed E-state index contributed by atoms with van der Waals surface area (Å²) in [4.78, 5) is 3.22. The van der Waals surface area contributed by atoms with Gasteiger partial charge in [0.25, 0.3) is 0 Å². The molecule has 0 unspecified atom stereocenters. The molecule has 0 radical (unpaired) electrons. The van der Waals surface area contributed by atoms with Crippen LogP contribution in [0.3, 0.4) is 0 Å². The molecule has 0 aromatic carbocycles. The number of rotatable bonds is 2. The van der Waals surface area contributed by atoms with E-state index in [2.05, 4.69) is 47.8 Å². The molecular weight excluding hydrogens is 633 g/mol. The maximum Gasteiger partial charge on any atom is 0.0718 e. The Hall–Kier alpha value is 2.99. The first kappa shape index (κ1) is 24.3. The Morgan fingerprint density at radius 3 is 1.29 bits per heavy atom. The topological polar surface area (TPSA) is 0 Å². The van der Waals surface area contributed by atoms with Crippen molar-refractivity contribution in [2.75, 3.05) is 24.0 Å². The van der Waals surface area contributed by atoms with Crippen LogP contribution in [0.1, 0.15) is 12.8 Å². The smallest absolute Gasteiger partial charge is 0.0718 e. The fourth-order valence-corrected chi connectivity index (χ4v) is 22.3. The maximum atomic E-state index is 2.19. The first-order chi connectivity index (χ1) is 15.2. The van der Waals surface area contributed by atoms with Crippen molar-refractivity contribution < 1.29 is 0 Å². The van der Waals surface area contributed by atoms with Crippen LogP contribution in [0, 0.1) is 0 Å². The van der Waals surface area contributed by atoms with E-state index in [-0.39, 0.29) is 0 Å². The highest BCUT2D eigenvalue weighted by molar-refractivity contribution is 8.50. The zero-order valence-corrected chi connectivity index (χ0v) is 26.8. The summed E-state index contributed by atoms with van der Waals surface area (Å²) in [6, 6.07) is 0. The van der Waals surface area contributed by atoms with Gasteiger partial charge in [0.05, 0.1) is 42.4 Å². The summed E-state index contributed by atoms with van der Waals surface area (Å²) in [5, 5.41) is 0. The summed E-state index contributed by atoms with van der Waals surface area (Å²) in [5.41, 5.74) is 0. The number of hydrogen-bond acceptors (Lipinski definition) is 13. The third-order valence-electron chi connectivity index (χ3n) is 4.35. The van der Waals surface area contributed by atoms with Gasteiger partial charge in [-0.25, -0.2) is 0 Å². The largest absolute Gasteiger partial charge is 0.121 e. The Kier molecular flexibility index (Phi) is 8.45. The first-order valence-corrected chi connectivity index (χ1v) is 20.9. The van der Waals surface area contributed by atoms with Gasteiger partial charge < -0.3 is 0 Å². The Labute approximate surface area is 238 Å². The molecule has 0 atom stereocenters. The van der Waals surface area contributed by atoms with E-state index in [0.717, 1.165) is 0 Å². The van der Waals surface area contributed by atoms with Crippen molar-refractivity contribution in [3.05, 3.63) is 52.2 Å². The average Bonchev–Trinajstić information content (AvgIpc) is 3.58. The second-order valence-electron chi connectivity index (χ2n) is 6.24. The third-order valence-corrected chi connectivity index (χ3v) is 23.5. The van der Waals surface area contributed by atoms with Crippen LogP contribution in [0.4, 0.5) is 0 Å². The monoisotopic (exact) mass is 646 g/mol. The molecule has 1 saturated heterocycles. The van der Waals surface area contributed by atoms with Crippen molar-refractivity contribution in [2.45, 2.75) is 12.8 Å². The van der Waals surface area contributed by atoms with E-state index < -0.39 is 0 Å². The van der Waals surface area contributed by atoms with Crippen LogP contribution >= 0.6 is 153 Å². The fraction of sp³-hybridized carbons (Fsp3) is 0.333. The number of thioether (sulfide) groups is 13. The second-order valence-corrected chi connectivity index (χ2v) is 22.0. The molecule has 0 amide bonds. The van der Waals surface area contributed by atoms with E-state index in [1.165, 1.54) is 49.8 Å². The van der Waals surface area contributed by atoms with Gasteiger partial charge in [0.2, 0.25) is 0 Å². The second kappa shape index (κ2) is 10.8. The van der Waals surface area contributed by atoms with Crippen molar-refractivity contribution in [3.63, 3.8) is 0 Å². The van der Waals surface area contributed by atoms with Gasteiger partial charge in [-0.2, -0.15) is 0 Å². The molecule has 0 aromatic rings. The average molecular weight is 647 g/mol. The molecule has 0 aromatic heterocycles. The molecule has 1 fully saturated rings. The standard InChI is InChI=1S/C18H14S13/c1-19-11-12(20-2)29-17(28-11)18-30-15-16(31-18)27-10(26-15)8-4-3-7(23-8)9-24-13-14(25-9)22-6-5-21-13/h3-6H2,1-2H3. The summed E-state index contributed by atoms with van der Waals surface area (Å²) in [7, 11) is 0. The first-order valence-electron chi connectivity index (χ1n) is 9.09. The van der Waals surface area contributed by atoms with E-state index in [0.29, 0.717) is 0 Å². The van der Waals surface area contributed by atoms with Crippen LogP contribution < -0.4 is 0 Å². The zero-order chi connectivity index (χ0) is 20.9. The van der Waals surface area contributed by atoms with Gasteiger partial charge >= 0.3 is 0 Å². The van der Waals surface area contributed by atoms with E-state index in [1.54, 1.807) is 26.8 Å². The van der Waals surface area contributed by atoms with Crippen molar-refractivity contribution in [2.24, 2.45) is 0 Å². The van der Waals surface area contributed by atoms with Gasteiger partial charge in [-0.15, -0.1) is 47.0 Å². The van der Waals surface area contributed by atoms with Gasteiger partial charge in [0, 0.05) is 21.3 Å². The molecule has 0 bridgehead atoms. The lowest BCUT2D eigenvalue weighted by Crippen LogP contribution is -1.88. The van der Waals surface area contributed by atoms with Crippen LogP contribution in [-0.2, 0) is 0 Å². The summed E-state index contributed by atoms with van der Waals surface area (Å²) in [6.07, 6.45) is 6.83. The SMILES string of the molecule is CSC1=C(SC)SC(=C2SC3=C(SC(=C4CCC(=C5SC6=C(SCCS6)S5)S4)S3)S2)S1. The molecule has 6 rings (SSSR count). The Balaban J connectivity index is 1.11. The van der Waals surface area contributed by atoms with Gasteiger partial charge in [-0.05, 0) is 25.4 Å². The van der Waals surface area contributed by atoms with Crippen LogP contribution in [0.5, 0.6) is 0 Å². The van der Waals surface area contributed by atoms with E-state index >= 15 is 0 Å². The van der Waals surface area contributed by atoms with Gasteiger partial charge in [-0.1, -0.05) is 106 Å². The Bertz CT molecular complexity index is 981. The molecule has 13 heteroatoms. The number of hydrogen-bond donors (Lipinski definition) is 0. The molecule has 0 spiro atoms. The molecule has 0 N–H and O–H groups in total. The minimum Gasteiger partial charge on any atom is -0.121 e. The molecule has 164 valence electrons. The molecular formula is C18H14S13. The third kappa shape index (κ3) is 5.08. The lowest BCUT2D eigenvalue weighted by atomic mass is 10.3. The van der Waals surface area contributed by atoms with Gasteiger partial charge in [0.1, 0.15) is 0 Å². The highest BCUT2D eigenvalue weighted by atomic mass is 32.3. The minimum atomic E-state index is 1.22. The number of allylic oxidation sites excluding steroid dienone is 2. The van der Waals surface area contributed by atoms with Crippen molar-refractivity contribution in [1.29, 1.82) is 0 Å². The van der Waals surface area contributed by atoms with Crippen molar-refractivity contribution in [3.8, 4) is 0 Å². The van der Waals surface area contributed by atoms with Crippen LogP contribution in [0.25, 0.3) is 0 Å². The van der Waals surface area contributed by atoms with Crippen LogP contribution in [0.15, 0.2) is 52.2 Å². The molecule has 6 aliphatic rings. The van der Waals surface area contributed by atoms with Crippen molar-refractivity contribution in [1.82, 2.24) is 0 Å². The fourth-order valence-electron chi connectivity index (χ4n) is 2.99. The van der Waals surface area contributed by atoms with Crippen LogP contribution in [0.2, 0.25) is 0 Å². The van der Waals surface area contributed by atoms with E-state index in [1.807, 2.05) is 118 Å². The molecule has 31 heavy (non-hydrogen) atoms. The summed E-state index contributed by atoms with van der Waals surface area (Å²) >= 11 is 26.1. The quantitative estimate of drug-likeness (QED) is 0.279. The Morgan fingerprint density at radius 1 is 0.452 bits per heavy atom. The Morgan fingerprint density at radius 2 is 0.839 bits per heavy atom. The van der Waals surface area contributed by atoms with Gasteiger partial charge in [-0.3, -0.25) is 0 Å². The minimum absolute atomic E-state index is 1.22. The zero-order valence-electron chi connectivity index (χ0n) is 16.1. The van der Waals surface area contributed by atoms with E-state index in [9.17, 15) is 0 Å². The van der Waals surface area contributed by atoms with Crippen LogP contribution in [-0.4, -0.2) is 24.0 Å².